The van der Waals surface area contributed by atoms with Gasteiger partial charge < -0.3 is 9.29 Å². The first-order valence-corrected chi connectivity index (χ1v) is 6.98. The predicted molar refractivity (Wildman–Crippen MR) is 79.8 cm³/mol. The first-order chi connectivity index (χ1) is 10.1. The summed E-state index contributed by atoms with van der Waals surface area (Å²) >= 11 is 0.994. The van der Waals surface area contributed by atoms with Gasteiger partial charge in [-0.25, -0.2) is 4.79 Å². The van der Waals surface area contributed by atoms with E-state index in [2.05, 4.69) is 5.10 Å². The van der Waals surface area contributed by atoms with Crippen LogP contribution in [0.4, 0.5) is 0 Å². The van der Waals surface area contributed by atoms with Gasteiger partial charge in [0.1, 0.15) is 5.75 Å². The van der Waals surface area contributed by atoms with Crippen LogP contribution in [0, 0.1) is 0 Å². The molecule has 2 rings (SSSR count). The average Bonchev–Trinajstić information content (AvgIpc) is 2.77. The lowest BCUT2D eigenvalue weighted by atomic mass is 10.3. The summed E-state index contributed by atoms with van der Waals surface area (Å²) in [6, 6.07) is 8.71. The molecule has 0 aliphatic rings. The van der Waals surface area contributed by atoms with Crippen LogP contribution < -0.4 is 5.69 Å². The average molecular weight is 311 g/mol. The molecule has 21 heavy (non-hydrogen) atoms. The molecule has 0 radical (unpaired) electrons. The van der Waals surface area contributed by atoms with Gasteiger partial charge in [-0.1, -0.05) is 25.1 Å². The van der Waals surface area contributed by atoms with Crippen LogP contribution in [-0.2, 0) is 16.0 Å². The van der Waals surface area contributed by atoms with Crippen LogP contribution in [-0.4, -0.2) is 32.5 Å². The van der Waals surface area contributed by atoms with Crippen LogP contribution in [0.3, 0.4) is 0 Å². The van der Waals surface area contributed by atoms with Gasteiger partial charge in [0.25, 0.3) is 0 Å². The third-order valence-corrected chi connectivity index (χ3v) is 3.03. The van der Waals surface area contributed by atoms with Crippen LogP contribution in [0.5, 0.6) is 5.75 Å². The molecule has 1 N–H and O–H groups in total. The second kappa shape index (κ2) is 8.98. The van der Waals surface area contributed by atoms with Crippen LogP contribution in [0.1, 0.15) is 13.3 Å². The molecule has 0 amide bonds. The zero-order chi connectivity index (χ0) is 15.7. The Bertz CT molecular complexity index is 610. The summed E-state index contributed by atoms with van der Waals surface area (Å²) in [6.45, 7) is 2.55. The Balaban J connectivity index is 0.000000262. The van der Waals surface area contributed by atoms with E-state index in [0.29, 0.717) is 23.9 Å². The summed E-state index contributed by atoms with van der Waals surface area (Å²) in [4.78, 5) is 21.6. The van der Waals surface area contributed by atoms with Crippen molar-refractivity contribution >= 4 is 18.5 Å². The second-order valence-electron chi connectivity index (χ2n) is 3.92. The van der Waals surface area contributed by atoms with Crippen LogP contribution in [0.25, 0.3) is 0 Å². The molecule has 0 fully saturated rings. The third-order valence-electron chi connectivity index (χ3n) is 2.24. The van der Waals surface area contributed by atoms with Crippen LogP contribution >= 0.6 is 12.0 Å². The van der Waals surface area contributed by atoms with Gasteiger partial charge in [0.05, 0.1) is 18.6 Å². The molecule has 114 valence electrons. The number of hydrogen-bond acceptors (Lipinski definition) is 6. The highest BCUT2D eigenvalue weighted by Crippen LogP contribution is 2.13. The lowest BCUT2D eigenvalue weighted by Crippen LogP contribution is -2.22. The summed E-state index contributed by atoms with van der Waals surface area (Å²) in [7, 11) is 1.53. The van der Waals surface area contributed by atoms with E-state index in [9.17, 15) is 9.59 Å². The van der Waals surface area contributed by atoms with Gasteiger partial charge in [-0.05, 0) is 18.6 Å². The highest BCUT2D eigenvalue weighted by Gasteiger charge is 2.09. The number of carbonyl (C=O) groups excluding carboxylic acids is 1. The van der Waals surface area contributed by atoms with E-state index in [4.69, 9.17) is 9.29 Å². The Kier molecular flexibility index (Phi) is 7.27. The fourth-order valence-corrected chi connectivity index (χ4v) is 1.85. The minimum Gasteiger partial charge on any atom is -0.508 e. The molecule has 1 heterocycles. The number of nitrogens with zero attached hydrogens (tertiary/aromatic N) is 3. The fraction of sp³-hybridized carbons (Fsp3) is 0.308. The van der Waals surface area contributed by atoms with Gasteiger partial charge in [-0.2, -0.15) is 0 Å². The number of para-hydroxylation sites is 1. The zero-order valence-electron chi connectivity index (χ0n) is 11.8. The number of hydrogen-bond donors (Lipinski definition) is 1. The van der Waals surface area contributed by atoms with Crippen molar-refractivity contribution in [3.05, 3.63) is 40.8 Å². The number of benzene rings is 1. The Morgan fingerprint density at radius 3 is 2.48 bits per heavy atom. The standard InChI is InChI=1S/C7H11N3O3S.C6H6O/c1-3-4-13-14-6-8-10(5-11)7(12)9(6)2;7-6-4-2-1-3-5-6/h5H,3-4H2,1-2H3;1-5,7H. The number of rotatable bonds is 5. The Morgan fingerprint density at radius 2 is 2.05 bits per heavy atom. The van der Waals surface area contributed by atoms with Gasteiger partial charge in [-0.3, -0.25) is 9.36 Å². The Hall–Kier alpha value is -2.06. The molecular weight excluding hydrogens is 294 g/mol. The van der Waals surface area contributed by atoms with Crippen molar-refractivity contribution < 1.29 is 14.1 Å². The molecule has 8 heteroatoms. The van der Waals surface area contributed by atoms with Crippen molar-refractivity contribution in [2.75, 3.05) is 6.61 Å². The molecule has 0 atom stereocenters. The normalized spacial score (nSPS) is 9.81. The van der Waals surface area contributed by atoms with Crippen molar-refractivity contribution in [1.82, 2.24) is 14.3 Å². The van der Waals surface area contributed by atoms with E-state index in [1.807, 2.05) is 13.0 Å². The molecule has 0 spiro atoms. The smallest absolute Gasteiger partial charge is 0.353 e. The molecule has 1 aromatic carbocycles. The summed E-state index contributed by atoms with van der Waals surface area (Å²) in [6.07, 6.45) is 1.25. The summed E-state index contributed by atoms with van der Waals surface area (Å²) in [5, 5.41) is 12.7. The van der Waals surface area contributed by atoms with Crippen molar-refractivity contribution in [2.45, 2.75) is 18.5 Å². The maximum atomic E-state index is 11.2. The lowest BCUT2D eigenvalue weighted by Gasteiger charge is -1.97. The highest BCUT2D eigenvalue weighted by atomic mass is 32.2. The number of aromatic hydroxyl groups is 1. The molecular formula is C13H17N3O4S. The maximum Gasteiger partial charge on any atom is 0.353 e. The molecule has 0 saturated carbocycles. The van der Waals surface area contributed by atoms with Gasteiger partial charge in [0.15, 0.2) is 0 Å². The van der Waals surface area contributed by atoms with Gasteiger partial charge in [0.2, 0.25) is 11.6 Å². The van der Waals surface area contributed by atoms with E-state index in [-0.39, 0.29) is 0 Å². The lowest BCUT2D eigenvalue weighted by molar-refractivity contribution is 0.370. The number of phenols is 1. The van der Waals surface area contributed by atoms with Gasteiger partial charge in [0, 0.05) is 7.05 Å². The topological polar surface area (TPSA) is 86.4 Å². The molecule has 0 aliphatic heterocycles. The molecule has 1 aromatic heterocycles. The Morgan fingerprint density at radius 1 is 1.38 bits per heavy atom. The first-order valence-electron chi connectivity index (χ1n) is 6.24. The minimum absolute atomic E-state index is 0.322. The van der Waals surface area contributed by atoms with E-state index in [0.717, 1.165) is 23.1 Å². The van der Waals surface area contributed by atoms with Crippen LogP contribution in [0.15, 0.2) is 40.3 Å². The second-order valence-corrected chi connectivity index (χ2v) is 4.68. The maximum absolute atomic E-state index is 11.2. The first kappa shape index (κ1) is 17.0. The number of carbonyl (C=O) groups is 1. The number of phenolic OH excluding ortho intramolecular Hbond substituents is 1. The van der Waals surface area contributed by atoms with Gasteiger partial charge >= 0.3 is 5.69 Å². The van der Waals surface area contributed by atoms with Crippen molar-refractivity contribution in [1.29, 1.82) is 0 Å². The van der Waals surface area contributed by atoms with Crippen molar-refractivity contribution in [2.24, 2.45) is 7.05 Å². The summed E-state index contributed by atoms with van der Waals surface area (Å²) in [5.74, 6) is 0.322. The predicted octanol–water partition coefficient (Wildman–Crippen LogP) is 1.45. The molecule has 2 aromatic rings. The van der Waals surface area contributed by atoms with Crippen molar-refractivity contribution in [3.8, 4) is 5.75 Å². The number of aromatic nitrogens is 3. The summed E-state index contributed by atoms with van der Waals surface area (Å²) in [5.41, 5.74) is -0.470. The molecule has 7 nitrogen and oxygen atoms in total. The SMILES string of the molecule is CCCOSc1nn(C=O)c(=O)n1C.Oc1ccccc1. The van der Waals surface area contributed by atoms with Gasteiger partial charge in [-0.15, -0.1) is 9.78 Å². The zero-order valence-corrected chi connectivity index (χ0v) is 12.6. The largest absolute Gasteiger partial charge is 0.508 e. The molecule has 0 saturated heterocycles. The molecule has 0 bridgehead atoms. The molecule has 0 unspecified atom stereocenters. The monoisotopic (exact) mass is 311 g/mol. The highest BCUT2D eigenvalue weighted by molar-refractivity contribution is 7.94. The van der Waals surface area contributed by atoms with Crippen LogP contribution in [0.2, 0.25) is 0 Å². The fourth-order valence-electron chi connectivity index (χ4n) is 1.18. The van der Waals surface area contributed by atoms with E-state index in [1.54, 1.807) is 24.3 Å². The molecule has 0 aliphatic carbocycles. The minimum atomic E-state index is -0.470. The van der Waals surface area contributed by atoms with Crippen molar-refractivity contribution in [3.63, 3.8) is 0 Å². The van der Waals surface area contributed by atoms with E-state index >= 15 is 0 Å². The van der Waals surface area contributed by atoms with E-state index < -0.39 is 5.69 Å². The quantitative estimate of drug-likeness (QED) is 0.511. The Labute approximate surface area is 126 Å². The summed E-state index contributed by atoms with van der Waals surface area (Å²) < 4.78 is 7.12. The van der Waals surface area contributed by atoms with E-state index in [1.165, 1.54) is 11.6 Å². The third kappa shape index (κ3) is 5.44.